The molecule has 0 aromatic carbocycles. The molecule has 1 rings (SSSR count). The highest BCUT2D eigenvalue weighted by Crippen LogP contribution is 2.16. The first-order chi connectivity index (χ1) is 8.40. The van der Waals surface area contributed by atoms with Crippen molar-refractivity contribution in [1.82, 2.24) is 10.3 Å². The normalized spacial score (nSPS) is 12.6. The SMILES string of the molecule is CC(C)CC(O)CNC(=O)c1nc(Cl)ccc1Cl. The molecular weight excluding hydrogens is 275 g/mol. The monoisotopic (exact) mass is 290 g/mol. The highest BCUT2D eigenvalue weighted by molar-refractivity contribution is 6.34. The summed E-state index contributed by atoms with van der Waals surface area (Å²) in [4.78, 5) is 15.6. The van der Waals surface area contributed by atoms with E-state index in [9.17, 15) is 9.90 Å². The third-order valence-corrected chi connectivity index (χ3v) is 2.78. The number of aromatic nitrogens is 1. The van der Waals surface area contributed by atoms with Crippen molar-refractivity contribution in [3.63, 3.8) is 0 Å². The lowest BCUT2D eigenvalue weighted by Crippen LogP contribution is -2.33. The Morgan fingerprint density at radius 1 is 1.44 bits per heavy atom. The van der Waals surface area contributed by atoms with E-state index < -0.39 is 12.0 Å². The van der Waals surface area contributed by atoms with Crippen LogP contribution in [0.25, 0.3) is 0 Å². The number of aliphatic hydroxyl groups is 1. The van der Waals surface area contributed by atoms with Gasteiger partial charge in [0.25, 0.3) is 5.91 Å². The van der Waals surface area contributed by atoms with E-state index in [1.807, 2.05) is 13.8 Å². The molecule has 0 radical (unpaired) electrons. The molecule has 0 saturated heterocycles. The summed E-state index contributed by atoms with van der Waals surface area (Å²) in [7, 11) is 0. The molecule has 1 aromatic rings. The quantitative estimate of drug-likeness (QED) is 0.819. The van der Waals surface area contributed by atoms with Gasteiger partial charge in [0.1, 0.15) is 10.8 Å². The van der Waals surface area contributed by atoms with Crippen molar-refractivity contribution in [2.24, 2.45) is 5.92 Å². The van der Waals surface area contributed by atoms with Gasteiger partial charge in [0, 0.05) is 6.54 Å². The van der Waals surface area contributed by atoms with Crippen LogP contribution < -0.4 is 5.32 Å². The van der Waals surface area contributed by atoms with Gasteiger partial charge in [-0.3, -0.25) is 4.79 Å². The lowest BCUT2D eigenvalue weighted by atomic mass is 10.1. The number of nitrogens with one attached hydrogen (secondary N) is 1. The van der Waals surface area contributed by atoms with E-state index in [0.717, 1.165) is 0 Å². The minimum atomic E-state index is -0.577. The zero-order chi connectivity index (χ0) is 13.7. The Morgan fingerprint density at radius 2 is 2.11 bits per heavy atom. The molecule has 0 aliphatic carbocycles. The fourth-order valence-electron chi connectivity index (χ4n) is 1.50. The first kappa shape index (κ1) is 15.2. The van der Waals surface area contributed by atoms with Crippen molar-refractivity contribution in [1.29, 1.82) is 0 Å². The maximum atomic E-state index is 11.8. The lowest BCUT2D eigenvalue weighted by molar-refractivity contribution is 0.0895. The van der Waals surface area contributed by atoms with E-state index in [2.05, 4.69) is 10.3 Å². The number of amides is 1. The molecule has 1 heterocycles. The number of rotatable bonds is 5. The summed E-state index contributed by atoms with van der Waals surface area (Å²) < 4.78 is 0. The van der Waals surface area contributed by atoms with Crippen LogP contribution in [0, 0.1) is 5.92 Å². The largest absolute Gasteiger partial charge is 0.391 e. The number of pyridine rings is 1. The molecule has 1 atom stereocenters. The molecule has 0 aliphatic heterocycles. The van der Waals surface area contributed by atoms with Crippen molar-refractivity contribution < 1.29 is 9.90 Å². The minimum Gasteiger partial charge on any atom is -0.391 e. The van der Waals surface area contributed by atoms with Gasteiger partial charge in [-0.15, -0.1) is 0 Å². The second kappa shape index (κ2) is 6.92. The van der Waals surface area contributed by atoms with Gasteiger partial charge in [0.2, 0.25) is 0 Å². The second-order valence-corrected chi connectivity index (χ2v) is 5.25. The number of carbonyl (C=O) groups is 1. The standard InChI is InChI=1S/C12H16Cl2N2O2/c1-7(2)5-8(17)6-15-12(18)11-9(13)3-4-10(14)16-11/h3-4,7-8,17H,5-6H2,1-2H3,(H,15,18). The molecule has 1 amide bonds. The van der Waals surface area contributed by atoms with E-state index in [1.54, 1.807) is 0 Å². The van der Waals surface area contributed by atoms with Gasteiger partial charge in [0.15, 0.2) is 0 Å². The van der Waals surface area contributed by atoms with Crippen molar-refractivity contribution in [2.45, 2.75) is 26.4 Å². The van der Waals surface area contributed by atoms with Crippen LogP contribution in [0.15, 0.2) is 12.1 Å². The molecule has 1 aromatic heterocycles. The summed E-state index contributed by atoms with van der Waals surface area (Å²) in [5.41, 5.74) is 0.0703. The number of hydrogen-bond acceptors (Lipinski definition) is 3. The molecule has 6 heteroatoms. The van der Waals surface area contributed by atoms with Crippen molar-refractivity contribution in [3.8, 4) is 0 Å². The van der Waals surface area contributed by atoms with Gasteiger partial charge < -0.3 is 10.4 Å². The number of halogens is 2. The number of hydrogen-bond donors (Lipinski definition) is 2. The molecule has 0 bridgehead atoms. The maximum Gasteiger partial charge on any atom is 0.271 e. The van der Waals surface area contributed by atoms with Gasteiger partial charge in [-0.1, -0.05) is 37.0 Å². The van der Waals surface area contributed by atoms with Crippen LogP contribution in [0.4, 0.5) is 0 Å². The molecule has 0 spiro atoms. The zero-order valence-corrected chi connectivity index (χ0v) is 11.8. The van der Waals surface area contributed by atoms with E-state index in [4.69, 9.17) is 23.2 Å². The maximum absolute atomic E-state index is 11.8. The highest BCUT2D eigenvalue weighted by atomic mass is 35.5. The third kappa shape index (κ3) is 4.80. The van der Waals surface area contributed by atoms with Crippen molar-refractivity contribution in [2.75, 3.05) is 6.54 Å². The average molecular weight is 291 g/mol. The van der Waals surface area contributed by atoms with E-state index in [0.29, 0.717) is 12.3 Å². The zero-order valence-electron chi connectivity index (χ0n) is 10.3. The minimum absolute atomic E-state index is 0.0703. The molecule has 2 N–H and O–H groups in total. The Hall–Kier alpha value is -0.840. The molecule has 0 fully saturated rings. The summed E-state index contributed by atoms with van der Waals surface area (Å²) in [5, 5.41) is 12.7. The van der Waals surface area contributed by atoms with Crippen LogP contribution in [0.1, 0.15) is 30.8 Å². The van der Waals surface area contributed by atoms with E-state index >= 15 is 0 Å². The topological polar surface area (TPSA) is 62.2 Å². The van der Waals surface area contributed by atoms with E-state index in [-0.39, 0.29) is 22.4 Å². The van der Waals surface area contributed by atoms with Gasteiger partial charge in [0.05, 0.1) is 11.1 Å². The van der Waals surface area contributed by atoms with Crippen LogP contribution in [0.5, 0.6) is 0 Å². The highest BCUT2D eigenvalue weighted by Gasteiger charge is 2.14. The molecule has 0 saturated carbocycles. The summed E-state index contributed by atoms with van der Waals surface area (Å²) >= 11 is 11.5. The number of carbonyl (C=O) groups excluding carboxylic acids is 1. The summed E-state index contributed by atoms with van der Waals surface area (Å²) in [5.74, 6) is -0.0740. The molecule has 0 aliphatic rings. The van der Waals surface area contributed by atoms with Crippen LogP contribution in [0.3, 0.4) is 0 Å². The van der Waals surface area contributed by atoms with Crippen LogP contribution in [-0.4, -0.2) is 28.6 Å². The molecule has 1 unspecified atom stereocenters. The number of aliphatic hydroxyl groups excluding tert-OH is 1. The third-order valence-electron chi connectivity index (χ3n) is 2.27. The first-order valence-corrected chi connectivity index (χ1v) is 6.44. The van der Waals surface area contributed by atoms with Crippen molar-refractivity contribution in [3.05, 3.63) is 28.0 Å². The fourth-order valence-corrected chi connectivity index (χ4v) is 1.84. The Bertz CT molecular complexity index is 425. The van der Waals surface area contributed by atoms with Crippen LogP contribution in [-0.2, 0) is 0 Å². The molecule has 18 heavy (non-hydrogen) atoms. The molecular formula is C12H16Cl2N2O2. The summed E-state index contributed by atoms with van der Waals surface area (Å²) in [6.45, 7) is 4.17. The predicted molar refractivity (Wildman–Crippen MR) is 72.1 cm³/mol. The Kier molecular flexibility index (Phi) is 5.85. The smallest absolute Gasteiger partial charge is 0.271 e. The Morgan fingerprint density at radius 3 is 2.72 bits per heavy atom. The average Bonchev–Trinajstić information content (AvgIpc) is 2.28. The molecule has 4 nitrogen and oxygen atoms in total. The van der Waals surface area contributed by atoms with E-state index in [1.165, 1.54) is 12.1 Å². The second-order valence-electron chi connectivity index (χ2n) is 4.46. The van der Waals surface area contributed by atoms with Crippen LogP contribution >= 0.6 is 23.2 Å². The van der Waals surface area contributed by atoms with Crippen LogP contribution in [0.2, 0.25) is 10.2 Å². The Labute approximate surface area is 116 Å². The lowest BCUT2D eigenvalue weighted by Gasteiger charge is -2.13. The van der Waals surface area contributed by atoms with Gasteiger partial charge in [-0.05, 0) is 24.5 Å². The fraction of sp³-hybridized carbons (Fsp3) is 0.500. The van der Waals surface area contributed by atoms with Crippen molar-refractivity contribution >= 4 is 29.1 Å². The number of nitrogens with zero attached hydrogens (tertiary/aromatic N) is 1. The first-order valence-electron chi connectivity index (χ1n) is 5.68. The molecule has 100 valence electrons. The van der Waals surface area contributed by atoms with Gasteiger partial charge in [-0.25, -0.2) is 4.98 Å². The van der Waals surface area contributed by atoms with Gasteiger partial charge >= 0.3 is 0 Å². The predicted octanol–water partition coefficient (Wildman–Crippen LogP) is 2.53. The van der Waals surface area contributed by atoms with Gasteiger partial charge in [-0.2, -0.15) is 0 Å². The Balaban J connectivity index is 2.58. The summed E-state index contributed by atoms with van der Waals surface area (Å²) in [6, 6.07) is 3.02. The summed E-state index contributed by atoms with van der Waals surface area (Å²) in [6.07, 6.45) is 0.0451.